The first kappa shape index (κ1) is 23.9. The van der Waals surface area contributed by atoms with E-state index in [0.717, 1.165) is 48.3 Å². The number of methoxy groups -OCH3 is 2. The van der Waals surface area contributed by atoms with Crippen LogP contribution in [0.25, 0.3) is 5.69 Å². The summed E-state index contributed by atoms with van der Waals surface area (Å²) in [6.07, 6.45) is 3.02. The fourth-order valence-electron chi connectivity index (χ4n) is 3.96. The lowest BCUT2D eigenvalue weighted by Gasteiger charge is -2.18. The number of nitrogens with one attached hydrogen (secondary N) is 1. The van der Waals surface area contributed by atoms with Crippen molar-refractivity contribution in [3.05, 3.63) is 53.6 Å². The van der Waals surface area contributed by atoms with E-state index in [-0.39, 0.29) is 11.7 Å². The number of carbonyl (C=O) groups excluding carboxylic acids is 1. The van der Waals surface area contributed by atoms with E-state index in [2.05, 4.69) is 56.2 Å². The van der Waals surface area contributed by atoms with Crippen LogP contribution >= 0.6 is 11.8 Å². The van der Waals surface area contributed by atoms with Crippen LogP contribution in [0.4, 0.5) is 5.95 Å². The lowest BCUT2D eigenvalue weighted by atomic mass is 10.1. The molecule has 2 heterocycles. The lowest BCUT2D eigenvalue weighted by molar-refractivity contribution is -0.118. The lowest BCUT2D eigenvalue weighted by Crippen LogP contribution is -2.27. The molecule has 1 amide bonds. The number of nitrogens with zero attached hydrogens (tertiary/aromatic N) is 4. The number of carbonyl (C=O) groups is 1. The minimum absolute atomic E-state index is 0.0355. The van der Waals surface area contributed by atoms with E-state index in [1.54, 1.807) is 14.2 Å². The third kappa shape index (κ3) is 5.64. The van der Waals surface area contributed by atoms with E-state index >= 15 is 0 Å². The fourth-order valence-corrected chi connectivity index (χ4v) is 4.74. The van der Waals surface area contributed by atoms with Crippen LogP contribution in [-0.4, -0.2) is 60.3 Å². The summed E-state index contributed by atoms with van der Waals surface area (Å²) in [4.78, 5) is 14.8. The highest BCUT2D eigenvalue weighted by molar-refractivity contribution is 7.99. The molecule has 1 aliphatic heterocycles. The van der Waals surface area contributed by atoms with Gasteiger partial charge in [-0.25, -0.2) is 0 Å². The minimum Gasteiger partial charge on any atom is -0.493 e. The van der Waals surface area contributed by atoms with Crippen LogP contribution in [0.2, 0.25) is 0 Å². The minimum atomic E-state index is -0.0355. The highest BCUT2D eigenvalue weighted by Crippen LogP contribution is 2.29. The van der Waals surface area contributed by atoms with Crippen molar-refractivity contribution in [2.75, 3.05) is 44.5 Å². The van der Waals surface area contributed by atoms with Gasteiger partial charge in [-0.1, -0.05) is 35.5 Å². The first-order valence-electron chi connectivity index (χ1n) is 11.5. The molecule has 1 aliphatic rings. The second-order valence-electron chi connectivity index (χ2n) is 8.23. The van der Waals surface area contributed by atoms with Crippen molar-refractivity contribution < 1.29 is 14.3 Å². The van der Waals surface area contributed by atoms with Crippen LogP contribution in [0, 0.1) is 6.92 Å². The molecule has 1 saturated heterocycles. The summed E-state index contributed by atoms with van der Waals surface area (Å²) in [6.45, 7) is 4.56. The molecule has 1 aromatic heterocycles. The second-order valence-corrected chi connectivity index (χ2v) is 9.17. The summed E-state index contributed by atoms with van der Waals surface area (Å²) in [6, 6.07) is 14.1. The second kappa shape index (κ2) is 11.3. The predicted octanol–water partition coefficient (Wildman–Crippen LogP) is 3.64. The quantitative estimate of drug-likeness (QED) is 0.443. The number of aryl methyl sites for hydroxylation is 1. The average molecular weight is 482 g/mol. The molecule has 1 fully saturated rings. The van der Waals surface area contributed by atoms with E-state index in [1.807, 2.05) is 18.2 Å². The third-order valence-electron chi connectivity index (χ3n) is 5.81. The average Bonchev–Trinajstić information content (AvgIpc) is 3.53. The Bertz CT molecular complexity index is 1110. The molecule has 0 bridgehead atoms. The molecule has 0 spiro atoms. The molecule has 8 nitrogen and oxygen atoms in total. The van der Waals surface area contributed by atoms with Crippen molar-refractivity contribution in [2.24, 2.45) is 0 Å². The van der Waals surface area contributed by atoms with Crippen molar-refractivity contribution in [3.8, 4) is 17.2 Å². The zero-order chi connectivity index (χ0) is 23.9. The monoisotopic (exact) mass is 481 g/mol. The van der Waals surface area contributed by atoms with Crippen LogP contribution in [-0.2, 0) is 11.2 Å². The fraction of sp³-hybridized carbons (Fsp3) is 0.400. The Morgan fingerprint density at radius 1 is 1.03 bits per heavy atom. The Hall–Kier alpha value is -3.20. The molecule has 0 atom stereocenters. The van der Waals surface area contributed by atoms with Gasteiger partial charge in [-0.2, -0.15) is 0 Å². The van der Waals surface area contributed by atoms with E-state index in [4.69, 9.17) is 9.47 Å². The standard InChI is InChI=1S/C25H31N5O3S/c1-18-6-9-20(10-7-18)30-24(29-14-4-5-15-29)27-28-25(30)34-17-23(31)26-13-12-19-8-11-21(32-2)22(16-19)33-3/h6-11,16H,4-5,12-15,17H2,1-3H3,(H,26,31). The van der Waals surface area contributed by atoms with Crippen LogP contribution in [0.15, 0.2) is 47.6 Å². The maximum Gasteiger partial charge on any atom is 0.232 e. The van der Waals surface area contributed by atoms with Gasteiger partial charge in [-0.15, -0.1) is 10.2 Å². The highest BCUT2D eigenvalue weighted by atomic mass is 32.2. The van der Waals surface area contributed by atoms with Gasteiger partial charge in [0.15, 0.2) is 16.7 Å². The van der Waals surface area contributed by atoms with Crippen molar-refractivity contribution in [1.82, 2.24) is 20.1 Å². The van der Waals surface area contributed by atoms with E-state index in [9.17, 15) is 4.79 Å². The Balaban J connectivity index is 1.37. The first-order chi connectivity index (χ1) is 16.6. The molecule has 2 aromatic carbocycles. The van der Waals surface area contributed by atoms with Gasteiger partial charge in [0, 0.05) is 19.6 Å². The van der Waals surface area contributed by atoms with Crippen molar-refractivity contribution >= 4 is 23.6 Å². The van der Waals surface area contributed by atoms with Gasteiger partial charge in [0.05, 0.1) is 25.7 Å². The number of aromatic nitrogens is 3. The van der Waals surface area contributed by atoms with Gasteiger partial charge in [0.1, 0.15) is 0 Å². The van der Waals surface area contributed by atoms with Gasteiger partial charge >= 0.3 is 0 Å². The summed E-state index contributed by atoms with van der Waals surface area (Å²) in [7, 11) is 3.23. The Morgan fingerprint density at radius 2 is 1.76 bits per heavy atom. The van der Waals surface area contributed by atoms with Crippen LogP contribution in [0.5, 0.6) is 11.5 Å². The molecule has 0 radical (unpaired) electrons. The summed E-state index contributed by atoms with van der Waals surface area (Å²) in [5.74, 6) is 2.46. The number of hydrogen-bond acceptors (Lipinski definition) is 7. The molecule has 4 rings (SSSR count). The number of benzene rings is 2. The normalized spacial score (nSPS) is 13.2. The molecule has 0 saturated carbocycles. The molecule has 0 unspecified atom stereocenters. The summed E-state index contributed by atoms with van der Waals surface area (Å²) in [5, 5.41) is 12.6. The number of rotatable bonds is 10. The Labute approximate surface area is 204 Å². The molecular weight excluding hydrogens is 450 g/mol. The van der Waals surface area contributed by atoms with Crippen LogP contribution in [0.3, 0.4) is 0 Å². The van der Waals surface area contributed by atoms with Gasteiger partial charge in [-0.3, -0.25) is 9.36 Å². The summed E-state index contributed by atoms with van der Waals surface area (Å²) < 4.78 is 12.7. The number of hydrogen-bond donors (Lipinski definition) is 1. The van der Waals surface area contributed by atoms with Gasteiger partial charge in [0.2, 0.25) is 11.9 Å². The number of amides is 1. The highest BCUT2D eigenvalue weighted by Gasteiger charge is 2.22. The van der Waals surface area contributed by atoms with E-state index in [0.29, 0.717) is 24.5 Å². The molecule has 3 aromatic rings. The van der Waals surface area contributed by atoms with Crippen LogP contribution < -0.4 is 19.7 Å². The zero-order valence-corrected chi connectivity index (χ0v) is 20.7. The van der Waals surface area contributed by atoms with Gasteiger partial charge in [0.25, 0.3) is 0 Å². The van der Waals surface area contributed by atoms with E-state index < -0.39 is 0 Å². The molecular formula is C25H31N5O3S. The van der Waals surface area contributed by atoms with Crippen LogP contribution in [0.1, 0.15) is 24.0 Å². The zero-order valence-electron chi connectivity index (χ0n) is 19.9. The maximum absolute atomic E-state index is 12.5. The molecule has 180 valence electrons. The third-order valence-corrected chi connectivity index (χ3v) is 6.74. The number of anilines is 1. The van der Waals surface area contributed by atoms with E-state index in [1.165, 1.54) is 17.3 Å². The topological polar surface area (TPSA) is 81.5 Å². The SMILES string of the molecule is COc1ccc(CCNC(=O)CSc2nnc(N3CCCC3)n2-c2ccc(C)cc2)cc1OC. The maximum atomic E-state index is 12.5. The Morgan fingerprint density at radius 3 is 2.47 bits per heavy atom. The summed E-state index contributed by atoms with van der Waals surface area (Å²) in [5.41, 5.74) is 3.27. The van der Waals surface area contributed by atoms with Crippen molar-refractivity contribution in [2.45, 2.75) is 31.3 Å². The van der Waals surface area contributed by atoms with Crippen molar-refractivity contribution in [1.29, 1.82) is 0 Å². The molecule has 34 heavy (non-hydrogen) atoms. The van der Waals surface area contributed by atoms with Gasteiger partial charge < -0.3 is 19.7 Å². The summed E-state index contributed by atoms with van der Waals surface area (Å²) >= 11 is 1.41. The molecule has 1 N–H and O–H groups in total. The Kier molecular flexibility index (Phi) is 7.95. The largest absolute Gasteiger partial charge is 0.493 e. The molecule has 0 aliphatic carbocycles. The van der Waals surface area contributed by atoms with Crippen molar-refractivity contribution in [3.63, 3.8) is 0 Å². The predicted molar refractivity (Wildman–Crippen MR) is 135 cm³/mol. The van der Waals surface area contributed by atoms with Gasteiger partial charge in [-0.05, 0) is 56.0 Å². The number of ether oxygens (including phenoxy) is 2. The molecule has 9 heteroatoms. The smallest absolute Gasteiger partial charge is 0.232 e. The number of thioether (sulfide) groups is 1. The first-order valence-corrected chi connectivity index (χ1v) is 12.5.